The van der Waals surface area contributed by atoms with Crippen LogP contribution in [0.25, 0.3) is 0 Å². The van der Waals surface area contributed by atoms with Gasteiger partial charge in [-0.1, -0.05) is 0 Å². The smallest absolute Gasteiger partial charge is 0.330 e. The highest BCUT2D eigenvalue weighted by molar-refractivity contribution is 9.09. The van der Waals surface area contributed by atoms with Crippen molar-refractivity contribution in [1.29, 1.82) is 0 Å². The summed E-state index contributed by atoms with van der Waals surface area (Å²) in [5.41, 5.74) is 4.95. The van der Waals surface area contributed by atoms with E-state index in [1.54, 1.807) is 0 Å². The largest absolute Gasteiger partial charge is 0.512 e. The number of nitrogens with zero attached hydrogens (tertiary/aromatic N) is 2. The Morgan fingerprint density at radius 1 is 1.36 bits per heavy atom. The molecule has 2 N–H and O–H groups in total. The predicted octanol–water partition coefficient (Wildman–Crippen LogP) is -0.0627. The average Bonchev–Trinajstić information content (AvgIpc) is 1.87. The minimum Gasteiger partial charge on any atom is -0.330 e. The Bertz CT molecular complexity index is 169. The van der Waals surface area contributed by atoms with Crippen LogP contribution in [-0.2, 0) is 0 Å². The molecule has 0 bridgehead atoms. The van der Waals surface area contributed by atoms with Crippen molar-refractivity contribution in [2.45, 2.75) is 11.0 Å². The minimum atomic E-state index is -2.32. The van der Waals surface area contributed by atoms with Gasteiger partial charge in [0.1, 0.15) is 16.3 Å². The Hall–Kier alpha value is -0.760. The molecule has 11 heavy (non-hydrogen) atoms. The van der Waals surface area contributed by atoms with E-state index in [1.807, 2.05) is 0 Å². The van der Waals surface area contributed by atoms with Crippen LogP contribution in [0.2, 0.25) is 0 Å². The summed E-state index contributed by atoms with van der Waals surface area (Å²) >= 11 is 2.40. The Balaban J connectivity index is 4.52. The second-order valence-corrected chi connectivity index (χ2v) is 3.04. The first-order valence-corrected chi connectivity index (χ1v) is 3.42. The van der Waals surface area contributed by atoms with E-state index in [2.05, 4.69) is 15.9 Å². The summed E-state index contributed by atoms with van der Waals surface area (Å²) in [7, 11) is 0. The lowest BCUT2D eigenvalue weighted by atomic mass is 10.3. The topological polar surface area (TPSA) is 112 Å². The summed E-state index contributed by atoms with van der Waals surface area (Å²) in [4.78, 5) is 18.2. The van der Waals surface area contributed by atoms with Crippen LogP contribution in [0.15, 0.2) is 0 Å². The van der Waals surface area contributed by atoms with Crippen molar-refractivity contribution in [1.82, 2.24) is 0 Å². The molecule has 0 aliphatic heterocycles. The average molecular weight is 228 g/mol. The van der Waals surface area contributed by atoms with E-state index in [-0.39, 0.29) is 13.0 Å². The zero-order valence-corrected chi connectivity index (χ0v) is 6.98. The lowest BCUT2D eigenvalue weighted by Crippen LogP contribution is -2.41. The van der Waals surface area contributed by atoms with Gasteiger partial charge in [0.05, 0.1) is 15.9 Å². The number of halogens is 1. The molecular formula is C3H6BrN3O4. The van der Waals surface area contributed by atoms with Gasteiger partial charge in [0.15, 0.2) is 0 Å². The van der Waals surface area contributed by atoms with E-state index < -0.39 is 14.4 Å². The molecule has 0 saturated heterocycles. The standard InChI is InChI=1S/C3H6BrN3O4/c4-3(1-2-5,6(8)9)7(10)11/h1-2,5H2. The Morgan fingerprint density at radius 2 is 1.73 bits per heavy atom. The molecule has 0 aromatic rings. The molecule has 8 heteroatoms. The molecule has 0 aromatic heterocycles. The van der Waals surface area contributed by atoms with E-state index in [4.69, 9.17) is 5.73 Å². The normalized spacial score (nSPS) is 11.1. The highest BCUT2D eigenvalue weighted by atomic mass is 79.9. The third-order valence-corrected chi connectivity index (χ3v) is 2.00. The monoisotopic (exact) mass is 227 g/mol. The molecule has 0 atom stereocenters. The van der Waals surface area contributed by atoms with E-state index in [1.165, 1.54) is 0 Å². The molecule has 0 fully saturated rings. The molecule has 0 radical (unpaired) electrons. The molecule has 0 spiro atoms. The first-order chi connectivity index (χ1) is 4.95. The summed E-state index contributed by atoms with van der Waals surface area (Å²) in [6.07, 6.45) is -0.340. The molecule has 0 aliphatic rings. The first-order valence-electron chi connectivity index (χ1n) is 2.63. The van der Waals surface area contributed by atoms with Crippen LogP contribution in [0.5, 0.6) is 0 Å². The fourth-order valence-corrected chi connectivity index (χ4v) is 0.662. The Kier molecular flexibility index (Phi) is 3.33. The van der Waals surface area contributed by atoms with Gasteiger partial charge < -0.3 is 5.73 Å². The number of alkyl halides is 1. The third kappa shape index (κ3) is 2.09. The predicted molar refractivity (Wildman–Crippen MR) is 39.3 cm³/mol. The summed E-state index contributed by atoms with van der Waals surface area (Å²) in [5.74, 6) is 0. The van der Waals surface area contributed by atoms with E-state index in [0.29, 0.717) is 0 Å². The highest BCUT2D eigenvalue weighted by Gasteiger charge is 2.52. The van der Waals surface area contributed by atoms with Crippen LogP contribution in [0.4, 0.5) is 0 Å². The lowest BCUT2D eigenvalue weighted by molar-refractivity contribution is -0.758. The highest BCUT2D eigenvalue weighted by Crippen LogP contribution is 2.22. The SMILES string of the molecule is NCCC(Br)([N+](=O)[O-])[N+](=O)[O-]. The minimum absolute atomic E-state index is 0.118. The van der Waals surface area contributed by atoms with Crippen molar-refractivity contribution in [3.8, 4) is 0 Å². The molecule has 0 heterocycles. The molecule has 0 amide bonds. The number of nitro groups is 2. The quantitative estimate of drug-likeness (QED) is 0.238. The fourth-order valence-electron chi connectivity index (χ4n) is 0.433. The van der Waals surface area contributed by atoms with Gasteiger partial charge in [0, 0.05) is 6.54 Å². The van der Waals surface area contributed by atoms with Crippen molar-refractivity contribution >= 4 is 15.9 Å². The Morgan fingerprint density at radius 3 is 1.82 bits per heavy atom. The molecule has 0 rings (SSSR count). The van der Waals surface area contributed by atoms with Gasteiger partial charge in [0.2, 0.25) is 0 Å². The van der Waals surface area contributed by atoms with Crippen molar-refractivity contribution < 1.29 is 9.85 Å². The molecule has 0 unspecified atom stereocenters. The van der Waals surface area contributed by atoms with Crippen LogP contribution in [0.3, 0.4) is 0 Å². The maximum absolute atomic E-state index is 10.1. The van der Waals surface area contributed by atoms with Crippen molar-refractivity contribution in [3.05, 3.63) is 20.2 Å². The van der Waals surface area contributed by atoms with Crippen molar-refractivity contribution in [2.24, 2.45) is 5.73 Å². The summed E-state index contributed by atoms with van der Waals surface area (Å²) in [6, 6.07) is 0. The maximum Gasteiger partial charge on any atom is 0.512 e. The molecular weight excluding hydrogens is 222 g/mol. The number of hydrogen-bond donors (Lipinski definition) is 1. The zero-order chi connectivity index (χ0) is 9.07. The number of rotatable bonds is 4. The van der Waals surface area contributed by atoms with Crippen molar-refractivity contribution in [2.75, 3.05) is 6.54 Å². The van der Waals surface area contributed by atoms with E-state index in [9.17, 15) is 20.2 Å². The van der Waals surface area contributed by atoms with Gasteiger partial charge in [-0.2, -0.15) is 0 Å². The number of nitrogens with two attached hydrogens (primary N) is 1. The van der Waals surface area contributed by atoms with Gasteiger partial charge in [-0.15, -0.1) is 0 Å². The molecule has 0 aromatic carbocycles. The summed E-state index contributed by atoms with van der Waals surface area (Å²) < 4.78 is -2.32. The van der Waals surface area contributed by atoms with Crippen LogP contribution >= 0.6 is 15.9 Å². The van der Waals surface area contributed by atoms with Gasteiger partial charge in [-0.05, 0) is 0 Å². The van der Waals surface area contributed by atoms with Crippen LogP contribution in [0, 0.1) is 20.2 Å². The van der Waals surface area contributed by atoms with Crippen molar-refractivity contribution in [3.63, 3.8) is 0 Å². The third-order valence-electron chi connectivity index (χ3n) is 1.02. The molecule has 0 aliphatic carbocycles. The Labute approximate surface area is 70.0 Å². The van der Waals surface area contributed by atoms with Gasteiger partial charge in [-0.3, -0.25) is 20.2 Å². The maximum atomic E-state index is 10.1. The van der Waals surface area contributed by atoms with Gasteiger partial charge in [0.25, 0.3) is 0 Å². The number of hydrogen-bond acceptors (Lipinski definition) is 5. The van der Waals surface area contributed by atoms with Crippen LogP contribution < -0.4 is 5.73 Å². The molecule has 7 nitrogen and oxygen atoms in total. The first kappa shape index (κ1) is 10.2. The molecule has 0 saturated carbocycles. The second kappa shape index (κ2) is 3.58. The lowest BCUT2D eigenvalue weighted by Gasteiger charge is -2.07. The van der Waals surface area contributed by atoms with E-state index in [0.717, 1.165) is 0 Å². The second-order valence-electron chi connectivity index (χ2n) is 1.77. The summed E-state index contributed by atoms with van der Waals surface area (Å²) in [6.45, 7) is -0.118. The van der Waals surface area contributed by atoms with Crippen LogP contribution in [0.1, 0.15) is 6.42 Å². The van der Waals surface area contributed by atoms with Gasteiger partial charge >= 0.3 is 4.57 Å². The summed E-state index contributed by atoms with van der Waals surface area (Å²) in [5, 5.41) is 20.2. The fraction of sp³-hybridized carbons (Fsp3) is 1.00. The van der Waals surface area contributed by atoms with Gasteiger partial charge in [-0.25, -0.2) is 0 Å². The molecule has 64 valence electrons. The van der Waals surface area contributed by atoms with E-state index >= 15 is 0 Å². The van der Waals surface area contributed by atoms with Crippen LogP contribution in [-0.4, -0.2) is 21.0 Å². The zero-order valence-electron chi connectivity index (χ0n) is 5.40.